The zero-order valence-electron chi connectivity index (χ0n) is 14.2. The molecule has 0 radical (unpaired) electrons. The van der Waals surface area contributed by atoms with E-state index in [2.05, 4.69) is 40.6 Å². The van der Waals surface area contributed by atoms with Crippen LogP contribution in [0.2, 0.25) is 0 Å². The lowest BCUT2D eigenvalue weighted by atomic mass is 9.97. The van der Waals surface area contributed by atoms with Crippen molar-refractivity contribution in [3.8, 4) is 0 Å². The lowest BCUT2D eigenvalue weighted by Gasteiger charge is -2.31. The van der Waals surface area contributed by atoms with Crippen LogP contribution in [0, 0.1) is 5.82 Å². The molecular weight excluding hydrogens is 301 g/mol. The molecule has 1 aliphatic heterocycles. The van der Waals surface area contributed by atoms with E-state index in [4.69, 9.17) is 0 Å². The topological polar surface area (TPSA) is 21.1 Å². The quantitative estimate of drug-likeness (QED) is 0.727. The van der Waals surface area contributed by atoms with Gasteiger partial charge in [-0.1, -0.05) is 0 Å². The predicted molar refractivity (Wildman–Crippen MR) is 94.6 cm³/mol. The molecule has 0 amide bonds. The average Bonchev–Trinajstić information content (AvgIpc) is 2.90. The third-order valence-electron chi connectivity index (χ3n) is 5.33. The third-order valence-corrected chi connectivity index (χ3v) is 5.33. The summed E-state index contributed by atoms with van der Waals surface area (Å²) in [5.74, 6) is -0.156. The van der Waals surface area contributed by atoms with Gasteiger partial charge in [-0.05, 0) is 61.9 Å². The summed E-state index contributed by atoms with van der Waals surface area (Å²) in [6.07, 6.45) is 5.65. The number of nitrogens with zero attached hydrogens (tertiary/aromatic N) is 3. The summed E-state index contributed by atoms with van der Waals surface area (Å²) in [7, 11) is 2.15. The van der Waals surface area contributed by atoms with Crippen molar-refractivity contribution in [1.82, 2.24) is 14.5 Å². The number of aromatic nitrogens is 2. The lowest BCUT2D eigenvalue weighted by Crippen LogP contribution is -2.31. The van der Waals surface area contributed by atoms with Crippen LogP contribution in [0.1, 0.15) is 29.8 Å². The van der Waals surface area contributed by atoms with Gasteiger partial charge in [0.1, 0.15) is 5.82 Å². The largest absolute Gasteiger partial charge is 0.344 e. The average molecular weight is 323 g/mol. The molecule has 0 N–H and O–H groups in total. The van der Waals surface area contributed by atoms with Gasteiger partial charge >= 0.3 is 0 Å². The Morgan fingerprint density at radius 1 is 1.21 bits per heavy atom. The first-order valence-electron chi connectivity index (χ1n) is 8.55. The number of hydrogen-bond acceptors (Lipinski definition) is 2. The molecule has 3 nitrogen and oxygen atoms in total. The first-order chi connectivity index (χ1) is 11.6. The first kappa shape index (κ1) is 15.3. The summed E-state index contributed by atoms with van der Waals surface area (Å²) in [4.78, 5) is 6.43. The molecule has 24 heavy (non-hydrogen) atoms. The van der Waals surface area contributed by atoms with E-state index in [0.717, 1.165) is 36.8 Å². The highest BCUT2D eigenvalue weighted by Crippen LogP contribution is 2.37. The smallest absolute Gasteiger partial charge is 0.123 e. The maximum atomic E-state index is 13.9. The number of pyridine rings is 1. The van der Waals surface area contributed by atoms with Crippen molar-refractivity contribution in [2.24, 2.45) is 0 Å². The molecule has 1 aliphatic rings. The molecule has 124 valence electrons. The predicted octanol–water partition coefficient (Wildman–Crippen LogP) is 3.97. The summed E-state index contributed by atoms with van der Waals surface area (Å²) in [5, 5.41) is 1.07. The Balaban J connectivity index is 1.80. The van der Waals surface area contributed by atoms with Gasteiger partial charge in [-0.25, -0.2) is 4.39 Å². The number of hydrogen-bond donors (Lipinski definition) is 0. The van der Waals surface area contributed by atoms with Crippen molar-refractivity contribution in [3.63, 3.8) is 0 Å². The van der Waals surface area contributed by atoms with E-state index >= 15 is 0 Å². The van der Waals surface area contributed by atoms with E-state index in [0.29, 0.717) is 6.04 Å². The maximum absolute atomic E-state index is 13.9. The second-order valence-electron chi connectivity index (χ2n) is 6.69. The van der Waals surface area contributed by atoms with E-state index in [9.17, 15) is 4.39 Å². The van der Waals surface area contributed by atoms with Crippen LogP contribution in [0.5, 0.6) is 0 Å². The molecule has 2 aromatic heterocycles. The summed E-state index contributed by atoms with van der Waals surface area (Å²) >= 11 is 0. The monoisotopic (exact) mass is 323 g/mol. The highest BCUT2D eigenvalue weighted by atomic mass is 19.1. The number of halogens is 1. The van der Waals surface area contributed by atoms with Gasteiger partial charge in [-0.15, -0.1) is 0 Å². The summed E-state index contributed by atoms with van der Waals surface area (Å²) in [5.41, 5.74) is 5.10. The van der Waals surface area contributed by atoms with Crippen LogP contribution < -0.4 is 0 Å². The van der Waals surface area contributed by atoms with Crippen molar-refractivity contribution >= 4 is 10.9 Å². The van der Waals surface area contributed by atoms with Crippen LogP contribution in [-0.4, -0.2) is 28.0 Å². The molecule has 1 atom stereocenters. The Hall–Kier alpha value is -2.20. The van der Waals surface area contributed by atoms with Crippen LogP contribution in [0.3, 0.4) is 0 Å². The van der Waals surface area contributed by atoms with E-state index in [1.165, 1.54) is 16.8 Å². The minimum absolute atomic E-state index is 0.156. The Morgan fingerprint density at radius 3 is 2.79 bits per heavy atom. The minimum Gasteiger partial charge on any atom is -0.344 e. The van der Waals surface area contributed by atoms with Gasteiger partial charge in [0.15, 0.2) is 0 Å². The molecule has 0 aliphatic carbocycles. The Labute approximate surface area is 141 Å². The lowest BCUT2D eigenvalue weighted by molar-refractivity contribution is 0.245. The molecule has 3 aromatic rings. The van der Waals surface area contributed by atoms with Gasteiger partial charge < -0.3 is 4.57 Å². The number of aryl methyl sites for hydroxylation is 2. The van der Waals surface area contributed by atoms with E-state index in [1.54, 1.807) is 12.1 Å². The maximum Gasteiger partial charge on any atom is 0.123 e. The number of benzene rings is 1. The van der Waals surface area contributed by atoms with Gasteiger partial charge in [-0.2, -0.15) is 0 Å². The molecule has 3 heterocycles. The van der Waals surface area contributed by atoms with Gasteiger partial charge in [0.05, 0.1) is 0 Å². The molecule has 4 heteroatoms. The van der Waals surface area contributed by atoms with Crippen LogP contribution in [-0.2, 0) is 19.4 Å². The molecule has 0 saturated carbocycles. The molecule has 0 bridgehead atoms. The fraction of sp³-hybridized carbons (Fsp3) is 0.350. The summed E-state index contributed by atoms with van der Waals surface area (Å²) in [6, 6.07) is 9.66. The van der Waals surface area contributed by atoms with Gasteiger partial charge in [0.2, 0.25) is 0 Å². The molecule has 0 spiro atoms. The zero-order chi connectivity index (χ0) is 16.7. The normalized spacial score (nSPS) is 18.0. The van der Waals surface area contributed by atoms with Gasteiger partial charge in [0, 0.05) is 54.5 Å². The van der Waals surface area contributed by atoms with Crippen LogP contribution in [0.4, 0.5) is 4.39 Å². The van der Waals surface area contributed by atoms with E-state index in [1.807, 2.05) is 18.5 Å². The first-order valence-corrected chi connectivity index (χ1v) is 8.55. The summed E-state index contributed by atoms with van der Waals surface area (Å²) in [6.45, 7) is 4.18. The van der Waals surface area contributed by atoms with Gasteiger partial charge in [0.25, 0.3) is 0 Å². The molecule has 1 unspecified atom stereocenters. The second kappa shape index (κ2) is 6.02. The van der Waals surface area contributed by atoms with Crippen molar-refractivity contribution in [2.75, 3.05) is 13.6 Å². The minimum atomic E-state index is -0.156. The van der Waals surface area contributed by atoms with Crippen LogP contribution >= 0.6 is 0 Å². The highest BCUT2D eigenvalue weighted by molar-refractivity contribution is 5.86. The van der Waals surface area contributed by atoms with Crippen LogP contribution in [0.15, 0.2) is 42.7 Å². The van der Waals surface area contributed by atoms with Gasteiger partial charge in [-0.3, -0.25) is 9.88 Å². The Bertz CT molecular complexity index is 869. The standard InChI is InChI=1S/C20H22FN3/c1-14-20-17-13-16(21)3-4-18(17)24(19(20)8-11-23(14)2)12-7-15-5-9-22-10-6-15/h3-6,9-10,13-14H,7-8,11-12H2,1-2H3. The number of likely N-dealkylation sites (N-methyl/N-ethyl adjacent to an activating group) is 1. The third kappa shape index (κ3) is 2.51. The summed E-state index contributed by atoms with van der Waals surface area (Å²) < 4.78 is 16.3. The highest BCUT2D eigenvalue weighted by Gasteiger charge is 2.27. The van der Waals surface area contributed by atoms with Crippen molar-refractivity contribution in [1.29, 1.82) is 0 Å². The van der Waals surface area contributed by atoms with Crippen molar-refractivity contribution in [2.45, 2.75) is 32.4 Å². The zero-order valence-corrected chi connectivity index (χ0v) is 14.2. The van der Waals surface area contributed by atoms with E-state index < -0.39 is 0 Å². The molecular formula is C20H22FN3. The van der Waals surface area contributed by atoms with Crippen LogP contribution in [0.25, 0.3) is 10.9 Å². The number of fused-ring (bicyclic) bond motifs is 3. The van der Waals surface area contributed by atoms with E-state index in [-0.39, 0.29) is 5.82 Å². The second-order valence-corrected chi connectivity index (χ2v) is 6.69. The SMILES string of the molecule is CC1c2c(n(CCc3ccncc3)c3ccc(F)cc23)CCN1C. The fourth-order valence-electron chi connectivity index (χ4n) is 3.88. The van der Waals surface area contributed by atoms with Crippen molar-refractivity contribution < 1.29 is 4.39 Å². The molecule has 0 fully saturated rings. The Kier molecular flexibility index (Phi) is 3.85. The number of rotatable bonds is 3. The van der Waals surface area contributed by atoms with Crippen molar-refractivity contribution in [3.05, 3.63) is 65.4 Å². The molecule has 4 rings (SSSR count). The Morgan fingerprint density at radius 2 is 2.00 bits per heavy atom. The molecule has 1 aromatic carbocycles. The fourth-order valence-corrected chi connectivity index (χ4v) is 3.88. The molecule has 0 saturated heterocycles.